The van der Waals surface area contributed by atoms with Crippen molar-refractivity contribution < 1.29 is 27.4 Å². The second-order valence-corrected chi connectivity index (χ2v) is 6.61. The number of methoxy groups -OCH3 is 2. The average molecular weight is 435 g/mol. The molecule has 0 saturated heterocycles. The molecule has 1 aromatic heterocycles. The molecule has 0 aliphatic heterocycles. The van der Waals surface area contributed by atoms with E-state index < -0.39 is 29.4 Å². The van der Waals surface area contributed by atoms with Gasteiger partial charge in [-0.1, -0.05) is 19.1 Å². The van der Waals surface area contributed by atoms with E-state index in [0.29, 0.717) is 17.2 Å². The average Bonchev–Trinajstić information content (AvgIpc) is 2.74. The maximum atomic E-state index is 13.4. The van der Waals surface area contributed by atoms with Crippen LogP contribution in [0.3, 0.4) is 0 Å². The van der Waals surface area contributed by atoms with Gasteiger partial charge in [-0.15, -0.1) is 0 Å². The van der Waals surface area contributed by atoms with Gasteiger partial charge in [0.15, 0.2) is 11.5 Å². The molecule has 3 rings (SSSR count). The lowest BCUT2D eigenvalue weighted by atomic mass is 10.1. The van der Waals surface area contributed by atoms with Gasteiger partial charge >= 0.3 is 6.18 Å². The van der Waals surface area contributed by atoms with Gasteiger partial charge in [-0.3, -0.25) is 14.2 Å². The van der Waals surface area contributed by atoms with E-state index in [4.69, 9.17) is 9.47 Å². The number of carbonyl (C=O) groups is 1. The molecule has 1 heterocycles. The van der Waals surface area contributed by atoms with Gasteiger partial charge in [0, 0.05) is 11.8 Å². The molecule has 0 unspecified atom stereocenters. The second kappa shape index (κ2) is 8.66. The van der Waals surface area contributed by atoms with E-state index in [1.54, 1.807) is 25.1 Å². The van der Waals surface area contributed by atoms with Crippen LogP contribution >= 0.6 is 0 Å². The maximum absolute atomic E-state index is 13.4. The summed E-state index contributed by atoms with van der Waals surface area (Å²) in [5, 5.41) is 2.63. The molecule has 2 aromatic carbocycles. The van der Waals surface area contributed by atoms with E-state index in [1.807, 2.05) is 0 Å². The molecule has 0 aliphatic rings. The molecule has 0 fully saturated rings. The van der Waals surface area contributed by atoms with Gasteiger partial charge in [-0.25, -0.2) is 4.98 Å². The fourth-order valence-electron chi connectivity index (χ4n) is 3.27. The Bertz CT molecular complexity index is 1170. The van der Waals surface area contributed by atoms with Crippen LogP contribution in [0.15, 0.2) is 47.3 Å². The van der Waals surface area contributed by atoms with Gasteiger partial charge in [0.25, 0.3) is 5.56 Å². The number of ether oxygens (including phenoxy) is 2. The van der Waals surface area contributed by atoms with Crippen LogP contribution in [-0.2, 0) is 11.0 Å². The zero-order chi connectivity index (χ0) is 22.8. The molecule has 1 amide bonds. The molecule has 31 heavy (non-hydrogen) atoms. The van der Waals surface area contributed by atoms with Crippen LogP contribution in [-0.4, -0.2) is 29.7 Å². The molecule has 164 valence electrons. The third kappa shape index (κ3) is 4.32. The molecule has 0 saturated carbocycles. The lowest BCUT2D eigenvalue weighted by Crippen LogP contribution is -2.37. The normalized spacial score (nSPS) is 12.5. The number of carbonyl (C=O) groups excluding carboxylic acids is 1. The largest absolute Gasteiger partial charge is 0.493 e. The summed E-state index contributed by atoms with van der Waals surface area (Å²) in [7, 11) is 2.89. The van der Waals surface area contributed by atoms with Crippen LogP contribution in [0.2, 0.25) is 0 Å². The van der Waals surface area contributed by atoms with Crippen LogP contribution in [0.5, 0.6) is 11.5 Å². The van der Waals surface area contributed by atoms with E-state index >= 15 is 0 Å². The molecular formula is C21H20F3N3O4. The first kappa shape index (κ1) is 22.1. The highest BCUT2D eigenvalue weighted by Gasteiger charge is 2.38. The van der Waals surface area contributed by atoms with Crippen molar-refractivity contribution in [1.82, 2.24) is 9.55 Å². The van der Waals surface area contributed by atoms with Crippen molar-refractivity contribution in [1.29, 1.82) is 0 Å². The Kier molecular flexibility index (Phi) is 6.19. The van der Waals surface area contributed by atoms with Gasteiger partial charge in [0.1, 0.15) is 6.04 Å². The third-order valence-electron chi connectivity index (χ3n) is 4.72. The van der Waals surface area contributed by atoms with E-state index in [2.05, 4.69) is 10.3 Å². The second-order valence-electron chi connectivity index (χ2n) is 6.61. The highest BCUT2D eigenvalue weighted by Crippen LogP contribution is 2.31. The molecule has 0 radical (unpaired) electrons. The van der Waals surface area contributed by atoms with E-state index in [1.165, 1.54) is 38.5 Å². The predicted molar refractivity (Wildman–Crippen MR) is 109 cm³/mol. The summed E-state index contributed by atoms with van der Waals surface area (Å²) >= 11 is 0. The Morgan fingerprint density at radius 3 is 2.42 bits per heavy atom. The van der Waals surface area contributed by atoms with Crippen LogP contribution in [0.4, 0.5) is 18.9 Å². The monoisotopic (exact) mass is 435 g/mol. The summed E-state index contributed by atoms with van der Waals surface area (Å²) in [4.78, 5) is 29.2. The number of aromatic nitrogens is 2. The van der Waals surface area contributed by atoms with Crippen LogP contribution < -0.4 is 20.3 Å². The smallest absolute Gasteiger partial charge is 0.438 e. The molecule has 3 aromatic rings. The van der Waals surface area contributed by atoms with E-state index in [9.17, 15) is 22.8 Å². The minimum absolute atomic E-state index is 0.0354. The number of halogens is 3. The van der Waals surface area contributed by atoms with Gasteiger partial charge < -0.3 is 14.8 Å². The zero-order valence-corrected chi connectivity index (χ0v) is 17.0. The fourth-order valence-corrected chi connectivity index (χ4v) is 3.27. The molecule has 0 spiro atoms. The number of amides is 1. The molecule has 0 bridgehead atoms. The number of rotatable bonds is 6. The van der Waals surface area contributed by atoms with Crippen molar-refractivity contribution in [3.8, 4) is 11.5 Å². The first-order valence-electron chi connectivity index (χ1n) is 9.32. The molecule has 10 heteroatoms. The summed E-state index contributed by atoms with van der Waals surface area (Å²) in [5.74, 6) is 0.152. The summed E-state index contributed by atoms with van der Waals surface area (Å²) in [6.45, 7) is 1.60. The quantitative estimate of drug-likeness (QED) is 0.632. The van der Waals surface area contributed by atoms with Crippen LogP contribution in [0, 0.1) is 0 Å². The number of nitrogens with one attached hydrogen (secondary N) is 1. The van der Waals surface area contributed by atoms with Gasteiger partial charge in [0.05, 0.1) is 25.3 Å². The highest BCUT2D eigenvalue weighted by molar-refractivity contribution is 5.95. The lowest BCUT2D eigenvalue weighted by molar-refractivity contribution is -0.142. The zero-order valence-electron chi connectivity index (χ0n) is 17.0. The lowest BCUT2D eigenvalue weighted by Gasteiger charge is -2.21. The Labute approximate surface area is 175 Å². The summed E-state index contributed by atoms with van der Waals surface area (Å²) in [5.41, 5.74) is -2.51. The summed E-state index contributed by atoms with van der Waals surface area (Å²) < 4.78 is 51.5. The predicted octanol–water partition coefficient (Wildman–Crippen LogP) is 4.02. The van der Waals surface area contributed by atoms with Crippen molar-refractivity contribution in [3.05, 3.63) is 58.5 Å². The Balaban J connectivity index is 2.09. The maximum Gasteiger partial charge on any atom is 0.438 e. The fraction of sp³-hybridized carbons (Fsp3) is 0.286. The number of fused-ring (bicyclic) bond motifs is 1. The van der Waals surface area contributed by atoms with Crippen molar-refractivity contribution in [2.45, 2.75) is 25.6 Å². The number of hydrogen-bond acceptors (Lipinski definition) is 5. The number of alkyl halides is 3. The minimum atomic E-state index is -4.96. The number of hydrogen-bond donors (Lipinski definition) is 1. The van der Waals surface area contributed by atoms with Crippen molar-refractivity contribution in [3.63, 3.8) is 0 Å². The SMILES string of the molecule is CC[C@@H](C(=O)Nc1ccc(OC)c(OC)c1)n1c(=O)c(C(F)(F)F)nc2ccccc21. The van der Waals surface area contributed by atoms with Gasteiger partial charge in [-0.05, 0) is 30.7 Å². The standard InChI is InChI=1S/C21H20F3N3O4/c1-4-14(19(28)25-12-9-10-16(30-2)17(11-12)31-3)27-15-8-6-5-7-13(15)26-18(20(27)29)21(22,23)24/h5-11,14H,4H2,1-3H3,(H,25,28)/t14-/m0/s1. The topological polar surface area (TPSA) is 82.5 Å². The van der Waals surface area contributed by atoms with Crippen molar-refractivity contribution in [2.75, 3.05) is 19.5 Å². The van der Waals surface area contributed by atoms with Crippen LogP contribution in [0.1, 0.15) is 25.1 Å². The van der Waals surface area contributed by atoms with Gasteiger partial charge in [0.2, 0.25) is 11.6 Å². The Morgan fingerprint density at radius 2 is 1.81 bits per heavy atom. The molecular weight excluding hydrogens is 415 g/mol. The first-order valence-corrected chi connectivity index (χ1v) is 9.32. The van der Waals surface area contributed by atoms with Crippen molar-refractivity contribution in [2.24, 2.45) is 0 Å². The van der Waals surface area contributed by atoms with E-state index in [-0.39, 0.29) is 17.5 Å². The van der Waals surface area contributed by atoms with Gasteiger partial charge in [-0.2, -0.15) is 13.2 Å². The highest BCUT2D eigenvalue weighted by atomic mass is 19.4. The van der Waals surface area contributed by atoms with E-state index in [0.717, 1.165) is 4.57 Å². The number of nitrogens with zero attached hydrogens (tertiary/aromatic N) is 2. The molecule has 7 nitrogen and oxygen atoms in total. The van der Waals surface area contributed by atoms with Crippen LogP contribution in [0.25, 0.3) is 11.0 Å². The third-order valence-corrected chi connectivity index (χ3v) is 4.72. The molecule has 0 aliphatic carbocycles. The minimum Gasteiger partial charge on any atom is -0.493 e. The summed E-state index contributed by atoms with van der Waals surface area (Å²) in [6, 6.07) is 9.33. The number of anilines is 1. The first-order chi connectivity index (χ1) is 14.7. The summed E-state index contributed by atoms with van der Waals surface area (Å²) in [6.07, 6.45) is -4.88. The Morgan fingerprint density at radius 1 is 1.13 bits per heavy atom. The van der Waals surface area contributed by atoms with Crippen molar-refractivity contribution >= 4 is 22.6 Å². The number of para-hydroxylation sites is 2. The number of benzene rings is 2. The Hall–Kier alpha value is -3.56. The molecule has 1 N–H and O–H groups in total. The molecule has 1 atom stereocenters.